The van der Waals surface area contributed by atoms with Crippen LogP contribution in [-0.4, -0.2) is 36.9 Å². The standard InChI is InChI=1S/C12H16N2O3/c1-8-7-17-5-4-14(8)11-3-2-9(13)6-10(11)12(15)16/h2-3,6,8H,4-5,7,13H2,1H3,(H,15,16). The maximum atomic E-state index is 11.2. The normalized spacial score (nSPS) is 20.3. The minimum atomic E-state index is -0.953. The van der Waals surface area contributed by atoms with Gasteiger partial charge in [-0.05, 0) is 25.1 Å². The van der Waals surface area contributed by atoms with Gasteiger partial charge in [0.25, 0.3) is 0 Å². The highest BCUT2D eigenvalue weighted by molar-refractivity contribution is 5.95. The molecule has 1 aromatic carbocycles. The summed E-state index contributed by atoms with van der Waals surface area (Å²) in [7, 11) is 0. The van der Waals surface area contributed by atoms with Gasteiger partial charge in [-0.2, -0.15) is 0 Å². The number of nitrogen functional groups attached to an aromatic ring is 1. The predicted octanol–water partition coefficient (Wildman–Crippen LogP) is 1.19. The fourth-order valence-electron chi connectivity index (χ4n) is 2.06. The number of hydrogen-bond donors (Lipinski definition) is 2. The molecule has 2 rings (SSSR count). The number of aromatic carboxylic acids is 1. The average Bonchev–Trinajstić information content (AvgIpc) is 2.30. The topological polar surface area (TPSA) is 75.8 Å². The van der Waals surface area contributed by atoms with E-state index < -0.39 is 5.97 Å². The fourth-order valence-corrected chi connectivity index (χ4v) is 2.06. The molecule has 5 nitrogen and oxygen atoms in total. The van der Waals surface area contributed by atoms with Crippen LogP contribution >= 0.6 is 0 Å². The Bertz CT molecular complexity index is 434. The van der Waals surface area contributed by atoms with Crippen LogP contribution in [0.4, 0.5) is 11.4 Å². The van der Waals surface area contributed by atoms with E-state index in [-0.39, 0.29) is 11.6 Å². The highest BCUT2D eigenvalue weighted by Crippen LogP contribution is 2.26. The largest absolute Gasteiger partial charge is 0.478 e. The lowest BCUT2D eigenvalue weighted by atomic mass is 10.1. The number of nitrogens with two attached hydrogens (primary N) is 1. The number of morpholine rings is 1. The summed E-state index contributed by atoms with van der Waals surface area (Å²) in [5, 5.41) is 9.19. The van der Waals surface area contributed by atoms with Crippen LogP contribution in [0.15, 0.2) is 18.2 Å². The Morgan fingerprint density at radius 2 is 2.35 bits per heavy atom. The van der Waals surface area contributed by atoms with Crippen molar-refractivity contribution in [2.45, 2.75) is 13.0 Å². The minimum absolute atomic E-state index is 0.172. The van der Waals surface area contributed by atoms with E-state index in [0.717, 1.165) is 0 Å². The molecule has 1 heterocycles. The summed E-state index contributed by atoms with van der Waals surface area (Å²) in [4.78, 5) is 13.3. The highest BCUT2D eigenvalue weighted by Gasteiger charge is 2.23. The van der Waals surface area contributed by atoms with Crippen LogP contribution in [0.3, 0.4) is 0 Å². The third-order valence-electron chi connectivity index (χ3n) is 2.93. The van der Waals surface area contributed by atoms with E-state index in [1.54, 1.807) is 12.1 Å². The third-order valence-corrected chi connectivity index (χ3v) is 2.93. The second-order valence-electron chi connectivity index (χ2n) is 4.20. The lowest BCUT2D eigenvalue weighted by molar-refractivity contribution is 0.0695. The molecule has 1 atom stereocenters. The maximum absolute atomic E-state index is 11.2. The number of carboxylic acids is 1. The van der Waals surface area contributed by atoms with Crippen molar-refractivity contribution in [3.05, 3.63) is 23.8 Å². The van der Waals surface area contributed by atoms with E-state index in [9.17, 15) is 9.90 Å². The molecule has 0 radical (unpaired) electrons. The van der Waals surface area contributed by atoms with Crippen molar-refractivity contribution in [2.24, 2.45) is 0 Å². The number of hydrogen-bond acceptors (Lipinski definition) is 4. The molecule has 17 heavy (non-hydrogen) atoms. The Morgan fingerprint density at radius 3 is 3.00 bits per heavy atom. The van der Waals surface area contributed by atoms with Crippen molar-refractivity contribution in [3.8, 4) is 0 Å². The Hall–Kier alpha value is -1.75. The lowest BCUT2D eigenvalue weighted by Gasteiger charge is -2.36. The molecule has 0 saturated carbocycles. The first kappa shape index (κ1) is 11.7. The van der Waals surface area contributed by atoms with Crippen molar-refractivity contribution >= 4 is 17.3 Å². The van der Waals surface area contributed by atoms with Crippen LogP contribution in [0.5, 0.6) is 0 Å². The number of nitrogens with zero attached hydrogens (tertiary/aromatic N) is 1. The summed E-state index contributed by atoms with van der Waals surface area (Å²) in [5.74, 6) is -0.953. The monoisotopic (exact) mass is 236 g/mol. The quantitative estimate of drug-likeness (QED) is 0.754. The van der Waals surface area contributed by atoms with E-state index in [2.05, 4.69) is 0 Å². The molecule has 1 unspecified atom stereocenters. The zero-order chi connectivity index (χ0) is 12.4. The third kappa shape index (κ3) is 2.34. The van der Waals surface area contributed by atoms with Crippen molar-refractivity contribution < 1.29 is 14.6 Å². The fraction of sp³-hybridized carbons (Fsp3) is 0.417. The Balaban J connectivity index is 2.39. The van der Waals surface area contributed by atoms with Crippen LogP contribution in [0.1, 0.15) is 17.3 Å². The van der Waals surface area contributed by atoms with Gasteiger partial charge in [-0.15, -0.1) is 0 Å². The van der Waals surface area contributed by atoms with Crippen molar-refractivity contribution in [3.63, 3.8) is 0 Å². The molecule has 0 aromatic heterocycles. The smallest absolute Gasteiger partial charge is 0.337 e. The Labute approximate surface area is 99.8 Å². The van der Waals surface area contributed by atoms with E-state index in [1.807, 2.05) is 11.8 Å². The summed E-state index contributed by atoms with van der Waals surface area (Å²) in [6.07, 6.45) is 0. The molecule has 1 saturated heterocycles. The van der Waals surface area contributed by atoms with Gasteiger partial charge in [0.2, 0.25) is 0 Å². The number of rotatable bonds is 2. The van der Waals surface area contributed by atoms with Gasteiger partial charge in [-0.1, -0.05) is 0 Å². The number of anilines is 2. The van der Waals surface area contributed by atoms with E-state index in [1.165, 1.54) is 6.07 Å². The average molecular weight is 236 g/mol. The summed E-state index contributed by atoms with van der Waals surface area (Å²) in [6.45, 7) is 3.95. The van der Waals surface area contributed by atoms with Gasteiger partial charge < -0.3 is 20.5 Å². The predicted molar refractivity (Wildman–Crippen MR) is 65.4 cm³/mol. The van der Waals surface area contributed by atoms with Crippen LogP contribution in [0, 0.1) is 0 Å². The second-order valence-corrected chi connectivity index (χ2v) is 4.20. The molecule has 1 aromatic rings. The number of ether oxygens (including phenoxy) is 1. The number of carboxylic acid groups (broad SMARTS) is 1. The molecule has 5 heteroatoms. The van der Waals surface area contributed by atoms with Gasteiger partial charge in [-0.25, -0.2) is 4.79 Å². The lowest BCUT2D eigenvalue weighted by Crippen LogP contribution is -2.44. The number of benzene rings is 1. The molecule has 0 spiro atoms. The minimum Gasteiger partial charge on any atom is -0.478 e. The molecule has 92 valence electrons. The van der Waals surface area contributed by atoms with Gasteiger partial charge in [0, 0.05) is 18.3 Å². The Kier molecular flexibility index (Phi) is 3.19. The van der Waals surface area contributed by atoms with E-state index in [4.69, 9.17) is 10.5 Å². The first-order valence-corrected chi connectivity index (χ1v) is 5.57. The SMILES string of the molecule is CC1COCCN1c1ccc(N)cc1C(=O)O. The summed E-state index contributed by atoms with van der Waals surface area (Å²) < 4.78 is 5.34. The molecule has 1 aliphatic heterocycles. The van der Waals surface area contributed by atoms with Crippen LogP contribution < -0.4 is 10.6 Å². The van der Waals surface area contributed by atoms with Crippen LogP contribution in [0.25, 0.3) is 0 Å². The van der Waals surface area contributed by atoms with Crippen molar-refractivity contribution in [2.75, 3.05) is 30.4 Å². The molecular weight excluding hydrogens is 220 g/mol. The van der Waals surface area contributed by atoms with Gasteiger partial charge in [-0.3, -0.25) is 0 Å². The molecule has 0 bridgehead atoms. The van der Waals surface area contributed by atoms with Crippen LogP contribution in [-0.2, 0) is 4.74 Å². The highest BCUT2D eigenvalue weighted by atomic mass is 16.5. The zero-order valence-corrected chi connectivity index (χ0v) is 9.72. The molecule has 0 amide bonds. The Morgan fingerprint density at radius 1 is 1.59 bits per heavy atom. The molecule has 1 fully saturated rings. The van der Waals surface area contributed by atoms with Crippen molar-refractivity contribution in [1.29, 1.82) is 0 Å². The van der Waals surface area contributed by atoms with Gasteiger partial charge in [0.1, 0.15) is 0 Å². The molecular formula is C12H16N2O3. The summed E-state index contributed by atoms with van der Waals surface area (Å²) >= 11 is 0. The molecule has 3 N–H and O–H groups in total. The van der Waals surface area contributed by atoms with Crippen LogP contribution in [0.2, 0.25) is 0 Å². The molecule has 0 aliphatic carbocycles. The van der Waals surface area contributed by atoms with Gasteiger partial charge in [0.05, 0.1) is 24.5 Å². The summed E-state index contributed by atoms with van der Waals surface area (Å²) in [6, 6.07) is 5.16. The maximum Gasteiger partial charge on any atom is 0.337 e. The second kappa shape index (κ2) is 4.63. The van der Waals surface area contributed by atoms with Gasteiger partial charge in [0.15, 0.2) is 0 Å². The van der Waals surface area contributed by atoms with E-state index in [0.29, 0.717) is 31.1 Å². The molecule has 1 aliphatic rings. The van der Waals surface area contributed by atoms with Crippen molar-refractivity contribution in [1.82, 2.24) is 0 Å². The van der Waals surface area contributed by atoms with Gasteiger partial charge >= 0.3 is 5.97 Å². The zero-order valence-electron chi connectivity index (χ0n) is 9.72. The summed E-state index contributed by atoms with van der Waals surface area (Å²) in [5.41, 5.74) is 7.05. The first-order chi connectivity index (χ1) is 8.09. The van der Waals surface area contributed by atoms with E-state index >= 15 is 0 Å². The number of carbonyl (C=O) groups is 1. The first-order valence-electron chi connectivity index (χ1n) is 5.57.